The summed E-state index contributed by atoms with van der Waals surface area (Å²) >= 11 is 0. The molecule has 1 aliphatic rings. The van der Waals surface area contributed by atoms with Gasteiger partial charge >= 0.3 is 0 Å². The second kappa shape index (κ2) is 7.23. The zero-order valence-corrected chi connectivity index (χ0v) is 14.0. The molecule has 2 aromatic rings. The number of rotatable bonds is 6. The Balaban J connectivity index is 1.67. The lowest BCUT2D eigenvalue weighted by atomic mass is 10.2. The molecule has 0 saturated carbocycles. The Morgan fingerprint density at radius 2 is 2.29 bits per heavy atom. The number of nitrogens with zero attached hydrogens (tertiary/aromatic N) is 6. The molecule has 1 aliphatic heterocycles. The quantitative estimate of drug-likeness (QED) is 0.841. The van der Waals surface area contributed by atoms with Crippen molar-refractivity contribution in [2.45, 2.75) is 31.8 Å². The minimum Gasteiger partial charge on any atom is -0.390 e. The van der Waals surface area contributed by atoms with Gasteiger partial charge in [0.25, 0.3) is 0 Å². The summed E-state index contributed by atoms with van der Waals surface area (Å²) in [5.41, 5.74) is 1.66. The molecule has 1 saturated heterocycles. The number of aromatic nitrogens is 4. The predicted molar refractivity (Wildman–Crippen MR) is 88.1 cm³/mol. The summed E-state index contributed by atoms with van der Waals surface area (Å²) in [4.78, 5) is 12.6. The van der Waals surface area contributed by atoms with Crippen molar-refractivity contribution < 1.29 is 9.50 Å². The highest BCUT2D eigenvalue weighted by Crippen LogP contribution is 2.24. The van der Waals surface area contributed by atoms with Crippen LogP contribution in [0.2, 0.25) is 0 Å². The first kappa shape index (κ1) is 16.8. The normalized spacial score (nSPS) is 21.3. The van der Waals surface area contributed by atoms with E-state index in [1.165, 1.54) is 0 Å². The highest BCUT2D eigenvalue weighted by molar-refractivity contribution is 5.29. The molecule has 0 amide bonds. The summed E-state index contributed by atoms with van der Waals surface area (Å²) in [6.45, 7) is 1.64. The molecule has 1 fully saturated rings. The van der Waals surface area contributed by atoms with Crippen LogP contribution in [0.3, 0.4) is 0 Å². The Morgan fingerprint density at radius 1 is 1.46 bits per heavy atom. The van der Waals surface area contributed by atoms with Gasteiger partial charge in [-0.05, 0) is 12.5 Å². The van der Waals surface area contributed by atoms with Gasteiger partial charge in [0.15, 0.2) is 0 Å². The number of alkyl halides is 1. The van der Waals surface area contributed by atoms with Gasteiger partial charge in [0.05, 0.1) is 18.5 Å². The number of halogens is 1. The Morgan fingerprint density at radius 3 is 3.00 bits per heavy atom. The van der Waals surface area contributed by atoms with E-state index in [2.05, 4.69) is 20.0 Å². The Bertz CT molecular complexity index is 678. The number of likely N-dealkylation sites (tertiary alicyclic amines) is 1. The number of aliphatic hydroxyl groups is 1. The van der Waals surface area contributed by atoms with E-state index in [1.807, 2.05) is 31.4 Å². The van der Waals surface area contributed by atoms with Crippen LogP contribution in [0.15, 0.2) is 24.7 Å². The predicted octanol–water partition coefficient (Wildman–Crippen LogP) is 0.751. The van der Waals surface area contributed by atoms with E-state index in [0.29, 0.717) is 37.7 Å². The van der Waals surface area contributed by atoms with Crippen molar-refractivity contribution >= 4 is 5.95 Å². The fraction of sp³-hybridized carbons (Fsp3) is 0.562. The Hall–Kier alpha value is -2.06. The molecule has 3 rings (SSSR count). The van der Waals surface area contributed by atoms with Crippen molar-refractivity contribution in [3.8, 4) is 0 Å². The van der Waals surface area contributed by atoms with Gasteiger partial charge < -0.3 is 10.0 Å². The van der Waals surface area contributed by atoms with Gasteiger partial charge in [-0.3, -0.25) is 9.58 Å². The summed E-state index contributed by atoms with van der Waals surface area (Å²) < 4.78 is 15.7. The maximum atomic E-state index is 14.0. The third-order valence-corrected chi connectivity index (χ3v) is 4.31. The molecular formula is C16H23FN6O. The van der Waals surface area contributed by atoms with Gasteiger partial charge in [-0.15, -0.1) is 0 Å². The lowest BCUT2D eigenvalue weighted by molar-refractivity contribution is 0.237. The second-order valence-electron chi connectivity index (χ2n) is 6.33. The van der Waals surface area contributed by atoms with Crippen LogP contribution in [0.1, 0.15) is 17.7 Å². The van der Waals surface area contributed by atoms with E-state index in [9.17, 15) is 9.50 Å². The van der Waals surface area contributed by atoms with Crippen LogP contribution in [0.4, 0.5) is 10.3 Å². The summed E-state index contributed by atoms with van der Waals surface area (Å²) in [6.07, 6.45) is 5.10. The number of aliphatic hydroxyl groups excluding tert-OH is 1. The van der Waals surface area contributed by atoms with E-state index in [-0.39, 0.29) is 12.6 Å². The van der Waals surface area contributed by atoms with E-state index < -0.39 is 6.17 Å². The van der Waals surface area contributed by atoms with Gasteiger partial charge in [0.2, 0.25) is 5.95 Å². The third-order valence-electron chi connectivity index (χ3n) is 4.31. The first-order valence-electron chi connectivity index (χ1n) is 8.04. The molecule has 7 nitrogen and oxygen atoms in total. The van der Waals surface area contributed by atoms with Gasteiger partial charge in [0, 0.05) is 57.7 Å². The molecule has 8 heteroatoms. The smallest absolute Gasteiger partial charge is 0.225 e. The second-order valence-corrected chi connectivity index (χ2v) is 6.33. The zero-order valence-electron chi connectivity index (χ0n) is 14.0. The van der Waals surface area contributed by atoms with E-state index >= 15 is 0 Å². The molecular weight excluding hydrogens is 311 g/mol. The topological polar surface area (TPSA) is 70.3 Å². The average molecular weight is 334 g/mol. The van der Waals surface area contributed by atoms with Crippen molar-refractivity contribution in [2.24, 2.45) is 7.05 Å². The van der Waals surface area contributed by atoms with Gasteiger partial charge in [-0.25, -0.2) is 14.4 Å². The number of hydrogen-bond acceptors (Lipinski definition) is 6. The number of aryl methyl sites for hydroxylation is 1. The number of likely N-dealkylation sites (N-methyl/N-ethyl adjacent to an activating group) is 1. The standard InChI is InChI=1S/C16H23FN6O/c1-21(16-18-4-3-14(11-24)20-16)10-15-5-13(17)9-23(15)8-12-6-19-22(2)7-12/h3-4,6-7,13,15,24H,5,8-11H2,1-2H3/t13-,15-/m0/s1. The molecule has 2 aromatic heterocycles. The monoisotopic (exact) mass is 334 g/mol. The summed E-state index contributed by atoms with van der Waals surface area (Å²) in [5, 5.41) is 13.4. The lowest BCUT2D eigenvalue weighted by Crippen LogP contribution is -2.39. The molecule has 3 heterocycles. The van der Waals surface area contributed by atoms with Crippen LogP contribution in [0.5, 0.6) is 0 Å². The highest BCUT2D eigenvalue weighted by atomic mass is 19.1. The maximum Gasteiger partial charge on any atom is 0.225 e. The molecule has 2 atom stereocenters. The van der Waals surface area contributed by atoms with Crippen LogP contribution >= 0.6 is 0 Å². The molecule has 0 bridgehead atoms. The molecule has 1 N–H and O–H groups in total. The molecule has 0 radical (unpaired) electrons. The first-order chi connectivity index (χ1) is 11.5. The fourth-order valence-corrected chi connectivity index (χ4v) is 3.15. The fourth-order valence-electron chi connectivity index (χ4n) is 3.15. The van der Waals surface area contributed by atoms with Crippen molar-refractivity contribution in [2.75, 3.05) is 25.0 Å². The lowest BCUT2D eigenvalue weighted by Gasteiger charge is -2.28. The van der Waals surface area contributed by atoms with Crippen LogP contribution in [0, 0.1) is 0 Å². The first-order valence-corrected chi connectivity index (χ1v) is 8.04. The van der Waals surface area contributed by atoms with Crippen molar-refractivity contribution in [1.82, 2.24) is 24.6 Å². The highest BCUT2D eigenvalue weighted by Gasteiger charge is 2.33. The van der Waals surface area contributed by atoms with Crippen LogP contribution < -0.4 is 4.90 Å². The van der Waals surface area contributed by atoms with Gasteiger partial charge in [0.1, 0.15) is 6.17 Å². The number of anilines is 1. The van der Waals surface area contributed by atoms with Crippen LogP contribution in [-0.4, -0.2) is 62.1 Å². The molecule has 24 heavy (non-hydrogen) atoms. The molecule has 130 valence electrons. The van der Waals surface area contributed by atoms with E-state index in [0.717, 1.165) is 5.56 Å². The minimum atomic E-state index is -0.815. The van der Waals surface area contributed by atoms with Gasteiger partial charge in [-0.2, -0.15) is 5.10 Å². The minimum absolute atomic E-state index is 0.0894. The Kier molecular flexibility index (Phi) is 5.06. The van der Waals surface area contributed by atoms with Crippen molar-refractivity contribution in [3.63, 3.8) is 0 Å². The van der Waals surface area contributed by atoms with Crippen LogP contribution in [-0.2, 0) is 20.2 Å². The summed E-state index contributed by atoms with van der Waals surface area (Å²) in [6, 6.07) is 1.77. The maximum absolute atomic E-state index is 14.0. The van der Waals surface area contributed by atoms with Crippen molar-refractivity contribution in [1.29, 1.82) is 0 Å². The summed E-state index contributed by atoms with van der Waals surface area (Å²) in [5.74, 6) is 0.546. The average Bonchev–Trinajstić information content (AvgIpc) is 3.13. The largest absolute Gasteiger partial charge is 0.390 e. The molecule has 0 spiro atoms. The molecule has 0 aliphatic carbocycles. The molecule has 0 aromatic carbocycles. The zero-order chi connectivity index (χ0) is 17.1. The van der Waals surface area contributed by atoms with Gasteiger partial charge in [-0.1, -0.05) is 0 Å². The summed E-state index contributed by atoms with van der Waals surface area (Å²) in [7, 11) is 3.77. The molecule has 0 unspecified atom stereocenters. The number of hydrogen-bond donors (Lipinski definition) is 1. The SMILES string of the molecule is CN(C[C@@H]1C[C@H](F)CN1Cc1cnn(C)c1)c1nccc(CO)n1. The van der Waals surface area contributed by atoms with Crippen molar-refractivity contribution in [3.05, 3.63) is 35.9 Å². The third kappa shape index (κ3) is 3.88. The van der Waals surface area contributed by atoms with E-state index in [1.54, 1.807) is 16.9 Å². The van der Waals surface area contributed by atoms with E-state index in [4.69, 9.17) is 0 Å². The Labute approximate surface area is 140 Å². The van der Waals surface area contributed by atoms with Crippen LogP contribution in [0.25, 0.3) is 0 Å².